The largest absolute Gasteiger partial charge is 0.508 e. The summed E-state index contributed by atoms with van der Waals surface area (Å²) < 4.78 is 0. The van der Waals surface area contributed by atoms with Crippen LogP contribution >= 0.6 is 0 Å². The molecule has 14 heavy (non-hydrogen) atoms. The van der Waals surface area contributed by atoms with Crippen molar-refractivity contribution in [2.24, 2.45) is 0 Å². The van der Waals surface area contributed by atoms with Gasteiger partial charge in [0.1, 0.15) is 5.75 Å². The first-order valence-electron chi connectivity index (χ1n) is 4.46. The van der Waals surface area contributed by atoms with Crippen molar-refractivity contribution in [2.75, 3.05) is 6.54 Å². The van der Waals surface area contributed by atoms with Gasteiger partial charge >= 0.3 is 6.03 Å². The molecule has 1 unspecified atom stereocenters. The molecule has 3 N–H and O–H groups in total. The fourth-order valence-corrected chi connectivity index (χ4v) is 1.62. The van der Waals surface area contributed by atoms with Crippen LogP contribution in [0.5, 0.6) is 5.75 Å². The van der Waals surface area contributed by atoms with Crippen LogP contribution in [0.4, 0.5) is 4.79 Å². The Kier molecular flexibility index (Phi) is 1.84. The minimum absolute atomic E-state index is 0.171. The lowest BCUT2D eigenvalue weighted by atomic mass is 9.93. The van der Waals surface area contributed by atoms with E-state index in [0.29, 0.717) is 6.54 Å². The first-order valence-corrected chi connectivity index (χ1v) is 4.46. The van der Waals surface area contributed by atoms with Gasteiger partial charge in [-0.2, -0.15) is 0 Å². The van der Waals surface area contributed by atoms with E-state index in [0.717, 1.165) is 5.56 Å². The Hall–Kier alpha value is -1.71. The number of phenols is 1. The second kappa shape index (κ2) is 2.90. The number of amides is 2. The molecule has 0 aliphatic carbocycles. The molecule has 0 spiro atoms. The van der Waals surface area contributed by atoms with Crippen LogP contribution in [-0.2, 0) is 5.54 Å². The molecule has 4 nitrogen and oxygen atoms in total. The molecule has 1 aliphatic rings. The molecule has 0 aromatic heterocycles. The molecule has 1 aromatic rings. The number of rotatable bonds is 1. The van der Waals surface area contributed by atoms with Crippen LogP contribution in [0.3, 0.4) is 0 Å². The number of aromatic hydroxyl groups is 1. The maximum atomic E-state index is 11.0. The Morgan fingerprint density at radius 1 is 1.50 bits per heavy atom. The maximum absolute atomic E-state index is 11.0. The molecule has 1 saturated heterocycles. The molecule has 4 heteroatoms. The fraction of sp³-hybridized carbons (Fsp3) is 0.300. The van der Waals surface area contributed by atoms with Gasteiger partial charge in [-0.25, -0.2) is 4.79 Å². The van der Waals surface area contributed by atoms with Gasteiger partial charge in [-0.1, -0.05) is 12.1 Å². The lowest BCUT2D eigenvalue weighted by Gasteiger charge is -2.22. The smallest absolute Gasteiger partial charge is 0.315 e. The first-order chi connectivity index (χ1) is 6.60. The van der Waals surface area contributed by atoms with Crippen LogP contribution in [0.1, 0.15) is 12.5 Å². The van der Waals surface area contributed by atoms with Crippen molar-refractivity contribution in [1.82, 2.24) is 10.6 Å². The quantitative estimate of drug-likeness (QED) is 0.619. The zero-order valence-corrected chi connectivity index (χ0v) is 7.87. The summed E-state index contributed by atoms with van der Waals surface area (Å²) in [5.41, 5.74) is 0.478. The predicted molar refractivity (Wildman–Crippen MR) is 52.0 cm³/mol. The number of hydrogen-bond donors (Lipinski definition) is 3. The van der Waals surface area contributed by atoms with Crippen LogP contribution in [0.2, 0.25) is 0 Å². The normalized spacial score (nSPS) is 25.6. The highest BCUT2D eigenvalue weighted by Gasteiger charge is 2.34. The molecular weight excluding hydrogens is 180 g/mol. The molecule has 74 valence electrons. The van der Waals surface area contributed by atoms with Gasteiger partial charge in [0, 0.05) is 6.54 Å². The van der Waals surface area contributed by atoms with E-state index in [9.17, 15) is 9.90 Å². The number of hydrogen-bond acceptors (Lipinski definition) is 2. The number of nitrogens with one attached hydrogen (secondary N) is 2. The van der Waals surface area contributed by atoms with E-state index < -0.39 is 5.54 Å². The van der Waals surface area contributed by atoms with Gasteiger partial charge in [0.15, 0.2) is 0 Å². The Balaban J connectivity index is 2.34. The van der Waals surface area contributed by atoms with E-state index in [-0.39, 0.29) is 11.8 Å². The van der Waals surface area contributed by atoms with Gasteiger partial charge in [0.05, 0.1) is 5.54 Å². The number of urea groups is 1. The highest BCUT2D eigenvalue weighted by molar-refractivity contribution is 5.78. The number of carbonyl (C=O) groups excluding carboxylic acids is 1. The van der Waals surface area contributed by atoms with Crippen LogP contribution in [-0.4, -0.2) is 17.7 Å². The molecule has 1 aliphatic heterocycles. The van der Waals surface area contributed by atoms with Gasteiger partial charge < -0.3 is 15.7 Å². The SMILES string of the molecule is CC1(c2cccc(O)c2)CNC(=O)N1. The Morgan fingerprint density at radius 3 is 2.86 bits per heavy atom. The minimum atomic E-state index is -0.421. The molecule has 1 heterocycles. The first kappa shape index (κ1) is 8.87. The molecule has 2 rings (SSSR count). The summed E-state index contributed by atoms with van der Waals surface area (Å²) in [5, 5.41) is 14.8. The summed E-state index contributed by atoms with van der Waals surface area (Å²) in [6, 6.07) is 6.74. The monoisotopic (exact) mass is 192 g/mol. The average Bonchev–Trinajstić information content (AvgIpc) is 2.48. The van der Waals surface area contributed by atoms with E-state index in [4.69, 9.17) is 0 Å². The van der Waals surface area contributed by atoms with Crippen molar-refractivity contribution < 1.29 is 9.90 Å². The van der Waals surface area contributed by atoms with Gasteiger partial charge in [-0.15, -0.1) is 0 Å². The van der Waals surface area contributed by atoms with Gasteiger partial charge in [-0.05, 0) is 24.6 Å². The molecule has 0 bridgehead atoms. The van der Waals surface area contributed by atoms with E-state index >= 15 is 0 Å². The third kappa shape index (κ3) is 1.39. The topological polar surface area (TPSA) is 61.4 Å². The fourth-order valence-electron chi connectivity index (χ4n) is 1.62. The molecule has 1 atom stereocenters. The van der Waals surface area contributed by atoms with Gasteiger partial charge in [-0.3, -0.25) is 0 Å². The zero-order chi connectivity index (χ0) is 10.2. The van der Waals surface area contributed by atoms with Gasteiger partial charge in [0.2, 0.25) is 0 Å². The average molecular weight is 192 g/mol. The summed E-state index contributed by atoms with van der Waals surface area (Å²) >= 11 is 0. The summed E-state index contributed by atoms with van der Waals surface area (Å²) in [4.78, 5) is 11.0. The van der Waals surface area contributed by atoms with Crippen LogP contribution in [0, 0.1) is 0 Å². The second-order valence-electron chi connectivity index (χ2n) is 3.69. The second-order valence-corrected chi connectivity index (χ2v) is 3.69. The molecular formula is C10H12N2O2. The van der Waals surface area contributed by atoms with Crippen LogP contribution < -0.4 is 10.6 Å². The molecule has 1 fully saturated rings. The molecule has 0 saturated carbocycles. The van der Waals surface area contributed by atoms with Crippen molar-refractivity contribution in [3.63, 3.8) is 0 Å². The number of phenolic OH excluding ortho intramolecular Hbond substituents is 1. The summed E-state index contributed by atoms with van der Waals surface area (Å²) in [6.45, 7) is 2.45. The standard InChI is InChI=1S/C10H12N2O2/c1-10(6-11-9(14)12-10)7-3-2-4-8(13)5-7/h2-5,13H,6H2,1H3,(H2,11,12,14). The summed E-state index contributed by atoms with van der Waals surface area (Å²) in [6.07, 6.45) is 0. The number of benzene rings is 1. The Bertz CT molecular complexity index is 378. The Labute approximate surface area is 81.9 Å². The van der Waals surface area contributed by atoms with Crippen LogP contribution in [0.15, 0.2) is 24.3 Å². The minimum Gasteiger partial charge on any atom is -0.508 e. The molecule has 1 aromatic carbocycles. The van der Waals surface area contributed by atoms with Crippen molar-refractivity contribution in [3.05, 3.63) is 29.8 Å². The molecule has 0 radical (unpaired) electrons. The molecule has 2 amide bonds. The highest BCUT2D eigenvalue weighted by Crippen LogP contribution is 2.25. The van der Waals surface area contributed by atoms with E-state index in [1.807, 2.05) is 13.0 Å². The van der Waals surface area contributed by atoms with Crippen LogP contribution in [0.25, 0.3) is 0 Å². The lowest BCUT2D eigenvalue weighted by Crippen LogP contribution is -2.37. The lowest BCUT2D eigenvalue weighted by molar-refractivity contribution is 0.245. The third-order valence-electron chi connectivity index (χ3n) is 2.48. The Morgan fingerprint density at radius 2 is 2.29 bits per heavy atom. The maximum Gasteiger partial charge on any atom is 0.315 e. The van der Waals surface area contributed by atoms with Crippen molar-refractivity contribution in [1.29, 1.82) is 0 Å². The van der Waals surface area contributed by atoms with E-state index in [1.54, 1.807) is 18.2 Å². The van der Waals surface area contributed by atoms with Crippen molar-refractivity contribution in [3.8, 4) is 5.75 Å². The zero-order valence-electron chi connectivity index (χ0n) is 7.87. The van der Waals surface area contributed by atoms with Crippen molar-refractivity contribution >= 4 is 6.03 Å². The highest BCUT2D eigenvalue weighted by atomic mass is 16.3. The van der Waals surface area contributed by atoms with E-state index in [2.05, 4.69) is 10.6 Å². The predicted octanol–water partition coefficient (Wildman–Crippen LogP) is 0.920. The van der Waals surface area contributed by atoms with E-state index in [1.165, 1.54) is 0 Å². The number of carbonyl (C=O) groups is 1. The summed E-state index contributed by atoms with van der Waals surface area (Å²) in [7, 11) is 0. The van der Waals surface area contributed by atoms with Crippen molar-refractivity contribution in [2.45, 2.75) is 12.5 Å². The third-order valence-corrected chi connectivity index (χ3v) is 2.48. The van der Waals surface area contributed by atoms with Gasteiger partial charge in [0.25, 0.3) is 0 Å². The summed E-state index contributed by atoms with van der Waals surface area (Å²) in [5.74, 6) is 0.213.